The molecule has 0 fully saturated rings. The highest BCUT2D eigenvalue weighted by atomic mass is 15.2. The maximum atomic E-state index is 4.35. The van der Waals surface area contributed by atoms with E-state index in [1.807, 2.05) is 42.5 Å². The minimum absolute atomic E-state index is 0.699. The van der Waals surface area contributed by atoms with Gasteiger partial charge in [-0.3, -0.25) is 10.1 Å². The molecule has 0 amide bonds. The van der Waals surface area contributed by atoms with Gasteiger partial charge in [0.2, 0.25) is 6.33 Å². The van der Waals surface area contributed by atoms with Gasteiger partial charge in [0.05, 0.1) is 5.69 Å². The zero-order valence-electron chi connectivity index (χ0n) is 8.96. The van der Waals surface area contributed by atoms with Crippen molar-refractivity contribution >= 4 is 0 Å². The highest BCUT2D eigenvalue weighted by molar-refractivity contribution is 5.66. The molecule has 0 unspecified atom stereocenters. The summed E-state index contributed by atoms with van der Waals surface area (Å²) in [5, 5.41) is 6.51. The molecule has 2 aromatic heterocycles. The molecule has 81 valence electrons. The maximum absolute atomic E-state index is 4.35. The van der Waals surface area contributed by atoms with Gasteiger partial charge in [0.15, 0.2) is 5.82 Å². The van der Waals surface area contributed by atoms with Gasteiger partial charge in [-0.05, 0) is 12.1 Å². The number of hydrogen-bond acceptors (Lipinski definition) is 3. The number of H-pyrrole nitrogens is 1. The Kier molecular flexibility index (Phi) is 2.38. The van der Waals surface area contributed by atoms with E-state index < -0.39 is 0 Å². The molecule has 0 aliphatic rings. The molecular formula is C13H9N4. The predicted octanol–water partition coefficient (Wildman–Crippen LogP) is 2.33. The van der Waals surface area contributed by atoms with Crippen LogP contribution in [0.4, 0.5) is 0 Å². The summed E-state index contributed by atoms with van der Waals surface area (Å²) in [7, 11) is 0. The zero-order chi connectivity index (χ0) is 11.5. The molecule has 1 radical (unpaired) electrons. The Morgan fingerprint density at radius 2 is 1.88 bits per heavy atom. The average Bonchev–Trinajstić information content (AvgIpc) is 2.94. The van der Waals surface area contributed by atoms with Gasteiger partial charge in [0.25, 0.3) is 0 Å². The van der Waals surface area contributed by atoms with Crippen LogP contribution in [0.25, 0.3) is 22.6 Å². The van der Waals surface area contributed by atoms with Crippen molar-refractivity contribution in [1.29, 1.82) is 0 Å². The van der Waals surface area contributed by atoms with Gasteiger partial charge in [-0.2, -0.15) is 0 Å². The van der Waals surface area contributed by atoms with Crippen LogP contribution in [0.1, 0.15) is 0 Å². The van der Waals surface area contributed by atoms with E-state index in [9.17, 15) is 0 Å². The van der Waals surface area contributed by atoms with Crippen molar-refractivity contribution in [2.75, 3.05) is 0 Å². The van der Waals surface area contributed by atoms with E-state index in [0.29, 0.717) is 5.82 Å². The van der Waals surface area contributed by atoms with Gasteiger partial charge >= 0.3 is 0 Å². The Morgan fingerprint density at radius 1 is 1.00 bits per heavy atom. The number of pyridine rings is 1. The Hall–Kier alpha value is -2.49. The molecule has 0 atom stereocenters. The van der Waals surface area contributed by atoms with Crippen LogP contribution in [0.5, 0.6) is 0 Å². The average molecular weight is 221 g/mol. The second-order valence-corrected chi connectivity index (χ2v) is 3.58. The first-order chi connectivity index (χ1) is 8.43. The predicted molar refractivity (Wildman–Crippen MR) is 63.9 cm³/mol. The van der Waals surface area contributed by atoms with Crippen molar-refractivity contribution in [2.24, 2.45) is 0 Å². The number of nitrogens with zero attached hydrogens (tertiary/aromatic N) is 3. The fraction of sp³-hybridized carbons (Fsp3) is 0. The van der Waals surface area contributed by atoms with Crippen LogP contribution >= 0.6 is 0 Å². The van der Waals surface area contributed by atoms with Gasteiger partial charge in [-0.25, -0.2) is 4.98 Å². The number of rotatable bonds is 2. The lowest BCUT2D eigenvalue weighted by atomic mass is 10.1. The summed E-state index contributed by atoms with van der Waals surface area (Å²) in [5.74, 6) is 0.699. The Balaban J connectivity index is 2.06. The van der Waals surface area contributed by atoms with Crippen molar-refractivity contribution in [1.82, 2.24) is 20.2 Å². The SMILES string of the molecule is [c]1n[nH]c(-c2ccnc(-c3ccccc3)c2)n1. The van der Waals surface area contributed by atoms with Crippen LogP contribution in [-0.4, -0.2) is 20.2 Å². The van der Waals surface area contributed by atoms with E-state index in [1.54, 1.807) is 6.20 Å². The molecule has 4 nitrogen and oxygen atoms in total. The van der Waals surface area contributed by atoms with Gasteiger partial charge in [-0.1, -0.05) is 30.3 Å². The molecule has 17 heavy (non-hydrogen) atoms. The minimum Gasteiger partial charge on any atom is -0.259 e. The topological polar surface area (TPSA) is 54.5 Å². The van der Waals surface area contributed by atoms with Crippen LogP contribution in [0.2, 0.25) is 0 Å². The largest absolute Gasteiger partial charge is 0.259 e. The smallest absolute Gasteiger partial charge is 0.221 e. The van der Waals surface area contributed by atoms with Crippen molar-refractivity contribution in [3.8, 4) is 22.6 Å². The molecule has 0 spiro atoms. The molecule has 1 aromatic carbocycles. The molecule has 0 aliphatic heterocycles. The lowest BCUT2D eigenvalue weighted by Gasteiger charge is -2.02. The standard InChI is InChI=1S/C13H9N4/c1-2-4-10(5-3-1)12-8-11(6-7-14-12)13-15-9-16-17-13/h1-8H,(H,15,16,17). The first-order valence-electron chi connectivity index (χ1n) is 5.24. The lowest BCUT2D eigenvalue weighted by Crippen LogP contribution is -1.86. The van der Waals surface area contributed by atoms with E-state index in [1.165, 1.54) is 0 Å². The van der Waals surface area contributed by atoms with Crippen LogP contribution < -0.4 is 0 Å². The Labute approximate surface area is 98.4 Å². The first-order valence-corrected chi connectivity index (χ1v) is 5.24. The summed E-state index contributed by atoms with van der Waals surface area (Å²) in [6.45, 7) is 0. The van der Waals surface area contributed by atoms with Crippen molar-refractivity contribution < 1.29 is 0 Å². The fourth-order valence-electron chi connectivity index (χ4n) is 1.65. The second-order valence-electron chi connectivity index (χ2n) is 3.58. The summed E-state index contributed by atoms with van der Waals surface area (Å²) in [6.07, 6.45) is 4.28. The van der Waals surface area contributed by atoms with E-state index >= 15 is 0 Å². The number of nitrogens with one attached hydrogen (secondary N) is 1. The summed E-state index contributed by atoms with van der Waals surface area (Å²) >= 11 is 0. The molecular weight excluding hydrogens is 212 g/mol. The van der Waals surface area contributed by atoms with E-state index in [-0.39, 0.29) is 0 Å². The summed E-state index contributed by atoms with van der Waals surface area (Å²) in [6, 6.07) is 13.9. The van der Waals surface area contributed by atoms with Crippen LogP contribution in [-0.2, 0) is 0 Å². The molecule has 0 saturated carbocycles. The third-order valence-corrected chi connectivity index (χ3v) is 2.48. The number of hydrogen-bond donors (Lipinski definition) is 1. The van der Waals surface area contributed by atoms with Gasteiger partial charge in [-0.15, -0.1) is 5.10 Å². The number of aromatic amines is 1. The monoisotopic (exact) mass is 221 g/mol. The van der Waals surface area contributed by atoms with Crippen LogP contribution in [0.15, 0.2) is 48.7 Å². The Bertz CT molecular complexity index is 602. The highest BCUT2D eigenvalue weighted by Crippen LogP contribution is 2.21. The van der Waals surface area contributed by atoms with Gasteiger partial charge < -0.3 is 0 Å². The van der Waals surface area contributed by atoms with E-state index in [4.69, 9.17) is 0 Å². The van der Waals surface area contributed by atoms with Crippen molar-refractivity contribution in [3.05, 3.63) is 55.0 Å². The third-order valence-electron chi connectivity index (χ3n) is 2.48. The van der Waals surface area contributed by atoms with Crippen LogP contribution in [0, 0.1) is 6.33 Å². The van der Waals surface area contributed by atoms with E-state index in [0.717, 1.165) is 16.8 Å². The van der Waals surface area contributed by atoms with Crippen LogP contribution in [0.3, 0.4) is 0 Å². The summed E-state index contributed by atoms with van der Waals surface area (Å²) in [4.78, 5) is 8.35. The summed E-state index contributed by atoms with van der Waals surface area (Å²) < 4.78 is 0. The normalized spacial score (nSPS) is 10.4. The molecule has 3 rings (SSSR count). The summed E-state index contributed by atoms with van der Waals surface area (Å²) in [5.41, 5.74) is 2.95. The maximum Gasteiger partial charge on any atom is 0.221 e. The van der Waals surface area contributed by atoms with Gasteiger partial charge in [0.1, 0.15) is 0 Å². The number of benzene rings is 1. The third kappa shape index (κ3) is 1.92. The molecule has 2 heterocycles. The molecule has 4 heteroatoms. The highest BCUT2D eigenvalue weighted by Gasteiger charge is 2.04. The lowest BCUT2D eigenvalue weighted by molar-refractivity contribution is 1.09. The molecule has 0 bridgehead atoms. The second kappa shape index (κ2) is 4.17. The Morgan fingerprint density at radius 3 is 2.65 bits per heavy atom. The quantitative estimate of drug-likeness (QED) is 0.722. The first kappa shape index (κ1) is 9.72. The van der Waals surface area contributed by atoms with Gasteiger partial charge in [0, 0.05) is 17.3 Å². The molecule has 1 N–H and O–H groups in total. The van der Waals surface area contributed by atoms with E-state index in [2.05, 4.69) is 26.5 Å². The molecule has 3 aromatic rings. The van der Waals surface area contributed by atoms with Crippen molar-refractivity contribution in [2.45, 2.75) is 0 Å². The fourth-order valence-corrected chi connectivity index (χ4v) is 1.65. The van der Waals surface area contributed by atoms with Crippen molar-refractivity contribution in [3.63, 3.8) is 0 Å². The minimum atomic E-state index is 0.699. The molecule has 0 aliphatic carbocycles. The zero-order valence-corrected chi connectivity index (χ0v) is 8.96. The number of aromatic nitrogens is 4. The molecule has 0 saturated heterocycles.